The Morgan fingerprint density at radius 1 is 1.18 bits per heavy atom. The van der Waals surface area contributed by atoms with Gasteiger partial charge in [-0.15, -0.1) is 10.2 Å². The number of anilines is 1. The first-order valence-electron chi connectivity index (χ1n) is 10.8. The number of aliphatic hydroxyl groups is 1. The maximum Gasteiger partial charge on any atom is 0.251 e. The molecule has 0 saturated carbocycles. The highest BCUT2D eigenvalue weighted by Crippen LogP contribution is 2.23. The van der Waals surface area contributed by atoms with Crippen molar-refractivity contribution in [2.75, 3.05) is 24.8 Å². The number of benzene rings is 2. The van der Waals surface area contributed by atoms with Gasteiger partial charge in [-0.2, -0.15) is 0 Å². The summed E-state index contributed by atoms with van der Waals surface area (Å²) in [6.07, 6.45) is 0.821. The molecule has 0 spiro atoms. The molecule has 9 nitrogen and oxygen atoms in total. The van der Waals surface area contributed by atoms with Gasteiger partial charge in [0.05, 0.1) is 19.5 Å². The number of rotatable bonds is 10. The van der Waals surface area contributed by atoms with E-state index in [1.54, 1.807) is 43.0 Å². The lowest BCUT2D eigenvalue weighted by Crippen LogP contribution is -2.32. The van der Waals surface area contributed by atoms with Crippen molar-refractivity contribution in [1.82, 2.24) is 20.1 Å². The van der Waals surface area contributed by atoms with E-state index < -0.39 is 6.04 Å². The van der Waals surface area contributed by atoms with Crippen molar-refractivity contribution in [2.24, 2.45) is 7.05 Å². The molecule has 0 bridgehead atoms. The topological polar surface area (TPSA) is 118 Å². The first kappa shape index (κ1) is 25.3. The highest BCUT2D eigenvalue weighted by Gasteiger charge is 2.22. The van der Waals surface area contributed by atoms with Gasteiger partial charge in [0.15, 0.2) is 11.0 Å². The summed E-state index contributed by atoms with van der Waals surface area (Å²) in [5, 5.41) is 24.4. The van der Waals surface area contributed by atoms with Crippen LogP contribution < -0.4 is 15.4 Å². The van der Waals surface area contributed by atoms with Crippen molar-refractivity contribution in [3.8, 4) is 5.75 Å². The van der Waals surface area contributed by atoms with Gasteiger partial charge in [0, 0.05) is 18.3 Å². The van der Waals surface area contributed by atoms with E-state index in [1.165, 1.54) is 11.8 Å². The minimum absolute atomic E-state index is 0.144. The highest BCUT2D eigenvalue weighted by atomic mass is 32.2. The Kier molecular flexibility index (Phi) is 8.67. The molecule has 2 amide bonds. The summed E-state index contributed by atoms with van der Waals surface area (Å²) in [5.41, 5.74) is 3.36. The van der Waals surface area contributed by atoms with E-state index in [0.717, 1.165) is 23.2 Å². The summed E-state index contributed by atoms with van der Waals surface area (Å²) in [4.78, 5) is 25.2. The molecule has 0 radical (unpaired) electrons. The lowest BCUT2D eigenvalue weighted by Gasteiger charge is -2.16. The lowest BCUT2D eigenvalue weighted by molar-refractivity contribution is -0.113. The monoisotopic (exact) mass is 483 g/mol. The minimum atomic E-state index is -0.755. The van der Waals surface area contributed by atoms with E-state index in [4.69, 9.17) is 4.74 Å². The predicted octanol–water partition coefficient (Wildman–Crippen LogP) is 2.89. The Morgan fingerprint density at radius 3 is 2.56 bits per heavy atom. The Labute approximate surface area is 202 Å². The highest BCUT2D eigenvalue weighted by molar-refractivity contribution is 7.99. The number of methoxy groups -OCH3 is 1. The van der Waals surface area contributed by atoms with Crippen LogP contribution in [0.1, 0.15) is 40.3 Å². The first-order chi connectivity index (χ1) is 16.4. The molecule has 3 rings (SSSR count). The second-order valence-corrected chi connectivity index (χ2v) is 8.58. The molecule has 1 atom stereocenters. The van der Waals surface area contributed by atoms with E-state index in [-0.39, 0.29) is 24.2 Å². The zero-order valence-electron chi connectivity index (χ0n) is 19.7. The molecule has 180 valence electrons. The Hall–Kier alpha value is -3.37. The Bertz CT molecular complexity index is 1150. The SMILES string of the molecule is CCc1cccc(C)c1NC(=O)CSc1nnc(C(CO)NC(=O)c2ccc(OC)cc2)n1C. The van der Waals surface area contributed by atoms with Gasteiger partial charge in [0.1, 0.15) is 11.8 Å². The number of carbonyl (C=O) groups excluding carboxylic acids is 2. The fraction of sp³-hybridized carbons (Fsp3) is 0.333. The molecule has 3 N–H and O–H groups in total. The molecule has 10 heteroatoms. The number of nitrogens with one attached hydrogen (secondary N) is 2. The summed E-state index contributed by atoms with van der Waals surface area (Å²) < 4.78 is 6.77. The number of thioether (sulfide) groups is 1. The van der Waals surface area contributed by atoms with Gasteiger partial charge in [-0.1, -0.05) is 36.9 Å². The van der Waals surface area contributed by atoms with E-state index in [1.807, 2.05) is 32.0 Å². The fourth-order valence-corrected chi connectivity index (χ4v) is 4.16. The van der Waals surface area contributed by atoms with Crippen LogP contribution in [0.25, 0.3) is 0 Å². The van der Waals surface area contributed by atoms with Crippen molar-refractivity contribution in [3.63, 3.8) is 0 Å². The van der Waals surface area contributed by atoms with Gasteiger partial charge in [0.2, 0.25) is 5.91 Å². The van der Waals surface area contributed by atoms with E-state index >= 15 is 0 Å². The molecule has 0 aliphatic heterocycles. The molecule has 0 aliphatic rings. The van der Waals surface area contributed by atoms with Crippen LogP contribution in [0.3, 0.4) is 0 Å². The average molecular weight is 484 g/mol. The number of amides is 2. The largest absolute Gasteiger partial charge is 0.497 e. The third-order valence-corrected chi connectivity index (χ3v) is 6.38. The average Bonchev–Trinajstić information content (AvgIpc) is 3.22. The van der Waals surface area contributed by atoms with Gasteiger partial charge >= 0.3 is 0 Å². The van der Waals surface area contributed by atoms with Gasteiger partial charge in [-0.3, -0.25) is 9.59 Å². The molecule has 2 aromatic carbocycles. The third-order valence-electron chi connectivity index (χ3n) is 5.36. The number of nitrogens with zero attached hydrogens (tertiary/aromatic N) is 3. The van der Waals surface area contributed by atoms with Crippen LogP contribution in [0.5, 0.6) is 5.75 Å². The molecular formula is C24H29N5O4S. The van der Waals surface area contributed by atoms with Crippen molar-refractivity contribution >= 4 is 29.3 Å². The van der Waals surface area contributed by atoms with Gasteiger partial charge in [0.25, 0.3) is 5.91 Å². The van der Waals surface area contributed by atoms with E-state index in [0.29, 0.717) is 22.3 Å². The molecule has 0 aliphatic carbocycles. The maximum atomic E-state index is 12.6. The van der Waals surface area contributed by atoms with E-state index in [9.17, 15) is 14.7 Å². The van der Waals surface area contributed by atoms with Crippen molar-refractivity contribution in [2.45, 2.75) is 31.5 Å². The maximum absolute atomic E-state index is 12.6. The van der Waals surface area contributed by atoms with Crippen LogP contribution >= 0.6 is 11.8 Å². The summed E-state index contributed by atoms with van der Waals surface area (Å²) in [6, 6.07) is 11.8. The van der Waals surface area contributed by atoms with E-state index in [2.05, 4.69) is 20.8 Å². The normalized spacial score (nSPS) is 11.7. The number of hydrogen-bond donors (Lipinski definition) is 3. The number of ether oxygens (including phenoxy) is 1. The molecule has 0 fully saturated rings. The summed E-state index contributed by atoms with van der Waals surface area (Å²) in [7, 11) is 3.28. The number of aromatic nitrogens is 3. The summed E-state index contributed by atoms with van der Waals surface area (Å²) in [6.45, 7) is 3.66. The van der Waals surface area contributed by atoms with Crippen LogP contribution in [0.2, 0.25) is 0 Å². The van der Waals surface area contributed by atoms with Crippen molar-refractivity contribution in [1.29, 1.82) is 0 Å². The van der Waals surface area contributed by atoms with Crippen LogP contribution in [-0.2, 0) is 18.3 Å². The van der Waals surface area contributed by atoms with Gasteiger partial charge in [-0.25, -0.2) is 0 Å². The fourth-order valence-electron chi connectivity index (χ4n) is 3.44. The van der Waals surface area contributed by atoms with Crippen LogP contribution in [0.15, 0.2) is 47.6 Å². The zero-order valence-corrected chi connectivity index (χ0v) is 20.5. The van der Waals surface area contributed by atoms with Crippen LogP contribution in [0, 0.1) is 6.92 Å². The first-order valence-corrected chi connectivity index (χ1v) is 11.8. The van der Waals surface area contributed by atoms with Gasteiger partial charge < -0.3 is 25.0 Å². The molecule has 34 heavy (non-hydrogen) atoms. The number of aliphatic hydroxyl groups excluding tert-OH is 1. The Balaban J connectivity index is 1.63. The molecule has 1 unspecified atom stereocenters. The van der Waals surface area contributed by atoms with Crippen molar-refractivity contribution < 1.29 is 19.4 Å². The molecular weight excluding hydrogens is 454 g/mol. The smallest absolute Gasteiger partial charge is 0.251 e. The zero-order chi connectivity index (χ0) is 24.7. The van der Waals surface area contributed by atoms with Crippen LogP contribution in [0.4, 0.5) is 5.69 Å². The minimum Gasteiger partial charge on any atom is -0.497 e. The molecule has 0 saturated heterocycles. The molecule has 3 aromatic rings. The predicted molar refractivity (Wildman–Crippen MR) is 131 cm³/mol. The number of carbonyl (C=O) groups is 2. The third kappa shape index (κ3) is 5.95. The van der Waals surface area contributed by atoms with Gasteiger partial charge in [-0.05, 0) is 48.7 Å². The van der Waals surface area contributed by atoms with Crippen LogP contribution in [-0.4, -0.2) is 51.2 Å². The summed E-state index contributed by atoms with van der Waals surface area (Å²) in [5.74, 6) is 0.668. The summed E-state index contributed by atoms with van der Waals surface area (Å²) >= 11 is 1.23. The molecule has 1 aromatic heterocycles. The second kappa shape index (κ2) is 11.7. The Morgan fingerprint density at radius 2 is 1.91 bits per heavy atom. The number of para-hydroxylation sites is 1. The van der Waals surface area contributed by atoms with Crippen molar-refractivity contribution in [3.05, 3.63) is 65.0 Å². The number of aryl methyl sites for hydroxylation is 2. The standard InChI is InChI=1S/C24H29N5O4S/c1-5-16-8-6-7-15(2)21(16)26-20(31)14-34-24-28-27-22(29(24)3)19(13-30)25-23(32)17-9-11-18(33-4)12-10-17/h6-12,19,30H,5,13-14H2,1-4H3,(H,25,32)(H,26,31). The molecule has 1 heterocycles. The number of hydrogen-bond acceptors (Lipinski definition) is 7. The lowest BCUT2D eigenvalue weighted by atomic mass is 10.1. The second-order valence-electron chi connectivity index (χ2n) is 7.64. The quantitative estimate of drug-likeness (QED) is 0.380.